The first-order chi connectivity index (χ1) is 4.76. The molecule has 0 aliphatic carbocycles. The van der Waals surface area contributed by atoms with Crippen LogP contribution in [0.15, 0.2) is 8.59 Å². The molecule has 0 aromatic rings. The third-order valence-electron chi connectivity index (χ3n) is 1.16. The van der Waals surface area contributed by atoms with Gasteiger partial charge in [0.25, 0.3) is 0 Å². The second kappa shape index (κ2) is 4.01. The summed E-state index contributed by atoms with van der Waals surface area (Å²) < 4.78 is 1.74. The molecule has 0 spiro atoms. The molecule has 0 radical (unpaired) electrons. The molecule has 0 bridgehead atoms. The molecule has 0 saturated heterocycles. The zero-order valence-electron chi connectivity index (χ0n) is 7.16. The summed E-state index contributed by atoms with van der Waals surface area (Å²) in [6.07, 6.45) is 0. The molecule has 0 atom stereocenters. The van der Waals surface area contributed by atoms with Gasteiger partial charge in [-0.05, 0) is 27.0 Å². The second-order valence-corrected chi connectivity index (χ2v) is 10.8. The van der Waals surface area contributed by atoms with E-state index in [4.69, 9.17) is 0 Å². The molecule has 0 amide bonds. The van der Waals surface area contributed by atoms with Crippen molar-refractivity contribution in [3.63, 3.8) is 0 Å². The first-order valence-electron chi connectivity index (χ1n) is 3.33. The fraction of sp³-hybridized carbons (Fsp3) is 0.571. The number of Topliss-reactive ketones (excluding diaryl/α,β-unsaturated/α-hetero) is 1. The minimum atomic E-state index is -1.36. The van der Waals surface area contributed by atoms with Crippen molar-refractivity contribution in [1.82, 2.24) is 0 Å². The highest BCUT2D eigenvalue weighted by atomic mass is 79.9. The predicted octanol–water partition coefficient (Wildman–Crippen LogP) is 3.45. The molecule has 0 unspecified atom stereocenters. The Morgan fingerprint density at radius 3 is 1.64 bits per heavy atom. The van der Waals surface area contributed by atoms with E-state index in [2.05, 4.69) is 51.5 Å². The molecule has 0 aliphatic heterocycles. The van der Waals surface area contributed by atoms with Crippen LogP contribution in [0.5, 0.6) is 0 Å². The normalized spacial score (nSPS) is 14.4. The highest BCUT2D eigenvalue weighted by Crippen LogP contribution is 2.27. The lowest BCUT2D eigenvalue weighted by Crippen LogP contribution is -2.22. The van der Waals surface area contributed by atoms with Crippen LogP contribution < -0.4 is 0 Å². The molecule has 0 aromatic carbocycles. The Bertz CT molecular complexity index is 203. The first kappa shape index (κ1) is 11.6. The van der Waals surface area contributed by atoms with Crippen LogP contribution in [0.25, 0.3) is 0 Å². The molecule has 0 heterocycles. The van der Waals surface area contributed by atoms with Crippen molar-refractivity contribution >= 4 is 45.7 Å². The maximum atomic E-state index is 10.9. The lowest BCUT2D eigenvalue weighted by atomic mass is 10.5. The molecule has 0 aromatic heterocycles. The molecule has 0 saturated carbocycles. The van der Waals surface area contributed by atoms with Crippen LogP contribution in [0.3, 0.4) is 0 Å². The monoisotopic (exact) mass is 298 g/mol. The third kappa shape index (κ3) is 3.67. The predicted molar refractivity (Wildman–Crippen MR) is 58.9 cm³/mol. The number of hydrogen-bond donors (Lipinski definition) is 0. The summed E-state index contributed by atoms with van der Waals surface area (Å²) in [7, 11) is -1.36. The van der Waals surface area contributed by atoms with E-state index in [9.17, 15) is 4.79 Å². The summed E-state index contributed by atoms with van der Waals surface area (Å²) in [5.74, 6) is 0.0827. The Balaban J connectivity index is 4.82. The Labute approximate surface area is 85.5 Å². The summed E-state index contributed by atoms with van der Waals surface area (Å²) in [6, 6.07) is 0. The average molecular weight is 300 g/mol. The van der Waals surface area contributed by atoms with Gasteiger partial charge in [-0.3, -0.25) is 4.79 Å². The summed E-state index contributed by atoms with van der Waals surface area (Å²) in [5, 5.41) is 0. The van der Waals surface area contributed by atoms with Crippen molar-refractivity contribution in [2.45, 2.75) is 26.6 Å². The standard InChI is InChI=1S/C7H12Br2OSi/c1-5(10)6(8)7(9)11(2,3)4/h1-4H3. The quantitative estimate of drug-likeness (QED) is 0.564. The van der Waals surface area contributed by atoms with E-state index >= 15 is 0 Å². The van der Waals surface area contributed by atoms with Crippen LogP contribution in [0.1, 0.15) is 6.92 Å². The van der Waals surface area contributed by atoms with Gasteiger partial charge in [0.2, 0.25) is 0 Å². The van der Waals surface area contributed by atoms with Gasteiger partial charge >= 0.3 is 0 Å². The van der Waals surface area contributed by atoms with Crippen LogP contribution in [0.2, 0.25) is 19.6 Å². The molecular weight excluding hydrogens is 288 g/mol. The topological polar surface area (TPSA) is 17.1 Å². The van der Waals surface area contributed by atoms with Gasteiger partial charge < -0.3 is 0 Å². The number of hydrogen-bond acceptors (Lipinski definition) is 1. The van der Waals surface area contributed by atoms with Gasteiger partial charge in [0.1, 0.15) is 0 Å². The summed E-state index contributed by atoms with van der Waals surface area (Å²) in [5.41, 5.74) is 0. The second-order valence-electron chi connectivity index (χ2n) is 3.43. The zero-order chi connectivity index (χ0) is 9.23. The Morgan fingerprint density at radius 1 is 1.18 bits per heavy atom. The van der Waals surface area contributed by atoms with E-state index in [1.807, 2.05) is 0 Å². The van der Waals surface area contributed by atoms with Crippen molar-refractivity contribution in [3.8, 4) is 0 Å². The fourth-order valence-corrected chi connectivity index (χ4v) is 3.38. The minimum absolute atomic E-state index is 0.0827. The Hall–Kier alpha value is 0.587. The highest BCUT2D eigenvalue weighted by molar-refractivity contribution is 9.15. The van der Waals surface area contributed by atoms with Gasteiger partial charge in [-0.15, -0.1) is 0 Å². The Morgan fingerprint density at radius 2 is 1.55 bits per heavy atom. The first-order valence-corrected chi connectivity index (χ1v) is 8.42. The van der Waals surface area contributed by atoms with Crippen LogP contribution in [-0.4, -0.2) is 13.9 Å². The average Bonchev–Trinajstić information content (AvgIpc) is 1.82. The van der Waals surface area contributed by atoms with Crippen molar-refractivity contribution in [3.05, 3.63) is 8.59 Å². The highest BCUT2D eigenvalue weighted by Gasteiger charge is 2.21. The van der Waals surface area contributed by atoms with Crippen LogP contribution in [0.4, 0.5) is 0 Å². The van der Waals surface area contributed by atoms with E-state index in [0.717, 1.165) is 4.11 Å². The van der Waals surface area contributed by atoms with Gasteiger partial charge in [-0.25, -0.2) is 0 Å². The molecule has 0 aliphatic rings. The number of rotatable bonds is 2. The molecule has 11 heavy (non-hydrogen) atoms. The van der Waals surface area contributed by atoms with Crippen LogP contribution >= 0.6 is 31.9 Å². The number of halogens is 2. The fourth-order valence-electron chi connectivity index (χ4n) is 0.484. The molecule has 0 N–H and O–H groups in total. The summed E-state index contributed by atoms with van der Waals surface area (Å²) >= 11 is 6.70. The van der Waals surface area contributed by atoms with E-state index in [1.54, 1.807) is 6.92 Å². The van der Waals surface area contributed by atoms with E-state index in [-0.39, 0.29) is 5.78 Å². The number of ketones is 1. The van der Waals surface area contributed by atoms with Gasteiger partial charge in [0, 0.05) is 0 Å². The largest absolute Gasteiger partial charge is 0.294 e. The maximum Gasteiger partial charge on any atom is 0.167 e. The van der Waals surface area contributed by atoms with Gasteiger partial charge in [0.05, 0.1) is 12.6 Å². The minimum Gasteiger partial charge on any atom is -0.294 e. The smallest absolute Gasteiger partial charge is 0.167 e. The van der Waals surface area contributed by atoms with E-state index in [0.29, 0.717) is 4.48 Å². The van der Waals surface area contributed by atoms with E-state index in [1.165, 1.54) is 0 Å². The van der Waals surface area contributed by atoms with E-state index < -0.39 is 8.07 Å². The molecule has 4 heteroatoms. The molecular formula is C7H12Br2OSi. The van der Waals surface area contributed by atoms with Gasteiger partial charge in [-0.2, -0.15) is 0 Å². The Kier molecular flexibility index (Phi) is 4.22. The lowest BCUT2D eigenvalue weighted by Gasteiger charge is -2.16. The molecule has 0 rings (SSSR count). The molecule has 64 valence electrons. The summed E-state index contributed by atoms with van der Waals surface area (Å²) in [6.45, 7) is 8.11. The van der Waals surface area contributed by atoms with Crippen LogP contribution in [-0.2, 0) is 4.79 Å². The van der Waals surface area contributed by atoms with Crippen molar-refractivity contribution in [2.24, 2.45) is 0 Å². The maximum absolute atomic E-state index is 10.9. The van der Waals surface area contributed by atoms with Crippen LogP contribution in [0, 0.1) is 0 Å². The SMILES string of the molecule is CC(=O)C(Br)=C(Br)[Si](C)(C)C. The number of carbonyl (C=O) groups excluding carboxylic acids is 1. The van der Waals surface area contributed by atoms with Crippen molar-refractivity contribution in [2.75, 3.05) is 0 Å². The number of allylic oxidation sites excluding steroid dienone is 1. The van der Waals surface area contributed by atoms with Crippen molar-refractivity contribution < 1.29 is 4.79 Å². The third-order valence-corrected chi connectivity index (χ3v) is 8.55. The van der Waals surface area contributed by atoms with Gasteiger partial charge in [-0.1, -0.05) is 35.6 Å². The zero-order valence-corrected chi connectivity index (χ0v) is 11.3. The lowest BCUT2D eigenvalue weighted by molar-refractivity contribution is -0.112. The molecule has 0 fully saturated rings. The molecule has 1 nitrogen and oxygen atoms in total. The summed E-state index contributed by atoms with van der Waals surface area (Å²) in [4.78, 5) is 10.9. The van der Waals surface area contributed by atoms with Crippen molar-refractivity contribution in [1.29, 1.82) is 0 Å². The van der Waals surface area contributed by atoms with Gasteiger partial charge in [0.15, 0.2) is 5.78 Å². The number of carbonyl (C=O) groups is 1.